The van der Waals surface area contributed by atoms with Crippen molar-refractivity contribution in [2.45, 2.75) is 32.2 Å². The van der Waals surface area contributed by atoms with Crippen molar-refractivity contribution in [2.75, 3.05) is 24.6 Å². The second-order valence-corrected chi connectivity index (χ2v) is 5.69. The molecule has 7 nitrogen and oxygen atoms in total. The average molecular weight is 321 g/mol. The van der Waals surface area contributed by atoms with E-state index in [4.69, 9.17) is 15.6 Å². The SMILES string of the molecule is CCOC(=O)C1CCN(c2ccc(CC(N)C(=O)O)cn2)CC1. The fraction of sp³-hybridized carbons (Fsp3) is 0.562. The first-order valence-electron chi connectivity index (χ1n) is 7.86. The number of rotatable bonds is 6. The molecule has 0 radical (unpaired) electrons. The summed E-state index contributed by atoms with van der Waals surface area (Å²) in [6.07, 6.45) is 3.43. The van der Waals surface area contributed by atoms with E-state index in [9.17, 15) is 9.59 Å². The number of piperidine rings is 1. The van der Waals surface area contributed by atoms with Crippen LogP contribution < -0.4 is 10.6 Å². The zero-order chi connectivity index (χ0) is 16.8. The number of esters is 1. The summed E-state index contributed by atoms with van der Waals surface area (Å²) in [6, 6.07) is 2.81. The van der Waals surface area contributed by atoms with Crippen LogP contribution in [-0.2, 0) is 20.7 Å². The van der Waals surface area contributed by atoms with Crippen molar-refractivity contribution in [3.8, 4) is 0 Å². The number of nitrogens with two attached hydrogens (primary N) is 1. The summed E-state index contributed by atoms with van der Waals surface area (Å²) < 4.78 is 5.06. The zero-order valence-corrected chi connectivity index (χ0v) is 13.3. The van der Waals surface area contributed by atoms with Crippen LogP contribution in [0.15, 0.2) is 18.3 Å². The average Bonchev–Trinajstić information content (AvgIpc) is 2.56. The van der Waals surface area contributed by atoms with Crippen molar-refractivity contribution >= 4 is 17.8 Å². The first-order valence-corrected chi connectivity index (χ1v) is 7.86. The number of carboxylic acids is 1. The van der Waals surface area contributed by atoms with Gasteiger partial charge in [0.25, 0.3) is 0 Å². The number of hydrogen-bond donors (Lipinski definition) is 2. The van der Waals surface area contributed by atoms with Gasteiger partial charge in [-0.3, -0.25) is 9.59 Å². The highest BCUT2D eigenvalue weighted by Gasteiger charge is 2.26. The summed E-state index contributed by atoms with van der Waals surface area (Å²) in [6.45, 7) is 3.74. The minimum Gasteiger partial charge on any atom is -0.480 e. The van der Waals surface area contributed by atoms with Gasteiger partial charge in [0.1, 0.15) is 11.9 Å². The van der Waals surface area contributed by atoms with E-state index in [1.807, 2.05) is 19.1 Å². The molecule has 2 heterocycles. The monoisotopic (exact) mass is 321 g/mol. The molecule has 0 amide bonds. The maximum absolute atomic E-state index is 11.7. The summed E-state index contributed by atoms with van der Waals surface area (Å²) >= 11 is 0. The van der Waals surface area contributed by atoms with Crippen LogP contribution in [0.4, 0.5) is 5.82 Å². The molecule has 1 atom stereocenters. The Hall–Kier alpha value is -2.15. The molecule has 0 aromatic carbocycles. The van der Waals surface area contributed by atoms with E-state index in [-0.39, 0.29) is 18.3 Å². The van der Waals surface area contributed by atoms with Gasteiger partial charge in [-0.25, -0.2) is 4.98 Å². The van der Waals surface area contributed by atoms with Crippen molar-refractivity contribution in [1.82, 2.24) is 4.98 Å². The molecule has 0 spiro atoms. The molecule has 7 heteroatoms. The van der Waals surface area contributed by atoms with Crippen molar-refractivity contribution < 1.29 is 19.4 Å². The molecule has 1 fully saturated rings. The molecule has 2 rings (SSSR count). The van der Waals surface area contributed by atoms with E-state index in [1.165, 1.54) is 0 Å². The Bertz CT molecular complexity index is 539. The molecule has 1 aliphatic heterocycles. The van der Waals surface area contributed by atoms with E-state index in [1.54, 1.807) is 6.20 Å². The van der Waals surface area contributed by atoms with Crippen LogP contribution in [0.1, 0.15) is 25.3 Å². The third kappa shape index (κ3) is 4.66. The van der Waals surface area contributed by atoms with Gasteiger partial charge in [0.05, 0.1) is 12.5 Å². The maximum Gasteiger partial charge on any atom is 0.320 e. The number of carbonyl (C=O) groups is 2. The molecule has 126 valence electrons. The van der Waals surface area contributed by atoms with Gasteiger partial charge >= 0.3 is 11.9 Å². The largest absolute Gasteiger partial charge is 0.480 e. The van der Waals surface area contributed by atoms with Crippen LogP contribution >= 0.6 is 0 Å². The van der Waals surface area contributed by atoms with Gasteiger partial charge in [-0.2, -0.15) is 0 Å². The predicted octanol–water partition coefficient (Wildman–Crippen LogP) is 0.816. The van der Waals surface area contributed by atoms with Gasteiger partial charge in [0, 0.05) is 19.3 Å². The van der Waals surface area contributed by atoms with Gasteiger partial charge in [0.2, 0.25) is 0 Å². The maximum atomic E-state index is 11.7. The highest BCUT2D eigenvalue weighted by atomic mass is 16.5. The molecule has 0 bridgehead atoms. The quantitative estimate of drug-likeness (QED) is 0.747. The molecule has 0 saturated carbocycles. The molecule has 0 aliphatic carbocycles. The van der Waals surface area contributed by atoms with E-state index in [2.05, 4.69) is 9.88 Å². The number of hydrogen-bond acceptors (Lipinski definition) is 6. The third-order valence-corrected chi connectivity index (χ3v) is 4.02. The van der Waals surface area contributed by atoms with E-state index >= 15 is 0 Å². The van der Waals surface area contributed by atoms with Gasteiger partial charge in [0.15, 0.2) is 0 Å². The molecular formula is C16H23N3O4. The lowest BCUT2D eigenvalue weighted by molar-refractivity contribution is -0.148. The first kappa shape index (κ1) is 17.2. The van der Waals surface area contributed by atoms with Crippen molar-refractivity contribution in [2.24, 2.45) is 11.7 Å². The number of carboxylic acid groups (broad SMARTS) is 1. The molecule has 1 unspecified atom stereocenters. The molecular weight excluding hydrogens is 298 g/mol. The third-order valence-electron chi connectivity index (χ3n) is 4.02. The molecule has 23 heavy (non-hydrogen) atoms. The fourth-order valence-corrected chi connectivity index (χ4v) is 2.67. The molecule has 1 aromatic heterocycles. The van der Waals surface area contributed by atoms with Gasteiger partial charge in [-0.05, 0) is 37.8 Å². The second kappa shape index (κ2) is 7.92. The van der Waals surface area contributed by atoms with Crippen molar-refractivity contribution in [1.29, 1.82) is 0 Å². The van der Waals surface area contributed by atoms with Gasteiger partial charge < -0.3 is 20.5 Å². The molecule has 1 aliphatic rings. The molecule has 1 aromatic rings. The summed E-state index contributed by atoms with van der Waals surface area (Å²) in [5, 5.41) is 8.82. The highest BCUT2D eigenvalue weighted by molar-refractivity contribution is 5.73. The summed E-state index contributed by atoms with van der Waals surface area (Å²) in [7, 11) is 0. The normalized spacial score (nSPS) is 16.9. The van der Waals surface area contributed by atoms with E-state index in [0.717, 1.165) is 37.3 Å². The van der Waals surface area contributed by atoms with Crippen LogP contribution in [0.5, 0.6) is 0 Å². The summed E-state index contributed by atoms with van der Waals surface area (Å²) in [4.78, 5) is 29.0. The summed E-state index contributed by atoms with van der Waals surface area (Å²) in [5.41, 5.74) is 6.31. The summed E-state index contributed by atoms with van der Waals surface area (Å²) in [5.74, 6) is -0.327. The predicted molar refractivity (Wildman–Crippen MR) is 85.1 cm³/mol. The van der Waals surface area contributed by atoms with Crippen LogP contribution in [0.2, 0.25) is 0 Å². The lowest BCUT2D eigenvalue weighted by Gasteiger charge is -2.31. The Labute approximate surface area is 135 Å². The minimum atomic E-state index is -1.02. The number of ether oxygens (including phenoxy) is 1. The standard InChI is InChI=1S/C16H23N3O4/c1-2-23-16(22)12-5-7-19(8-6-12)14-4-3-11(10-18-14)9-13(17)15(20)21/h3-4,10,12-13H,2,5-9,17H2,1H3,(H,20,21). The Morgan fingerprint density at radius 3 is 2.65 bits per heavy atom. The highest BCUT2D eigenvalue weighted by Crippen LogP contribution is 2.23. The Kier molecular flexibility index (Phi) is 5.92. The first-order chi connectivity index (χ1) is 11.0. The lowest BCUT2D eigenvalue weighted by Crippen LogP contribution is -2.37. The second-order valence-electron chi connectivity index (χ2n) is 5.69. The Balaban J connectivity index is 1.89. The number of pyridine rings is 1. The van der Waals surface area contributed by atoms with Gasteiger partial charge in [-0.15, -0.1) is 0 Å². The smallest absolute Gasteiger partial charge is 0.320 e. The Morgan fingerprint density at radius 1 is 1.43 bits per heavy atom. The van der Waals surface area contributed by atoms with Crippen molar-refractivity contribution in [3.63, 3.8) is 0 Å². The van der Waals surface area contributed by atoms with E-state index in [0.29, 0.717) is 6.61 Å². The van der Waals surface area contributed by atoms with Crippen LogP contribution in [0.3, 0.4) is 0 Å². The zero-order valence-electron chi connectivity index (χ0n) is 13.3. The number of carbonyl (C=O) groups excluding carboxylic acids is 1. The van der Waals surface area contributed by atoms with E-state index < -0.39 is 12.0 Å². The van der Waals surface area contributed by atoms with Crippen LogP contribution in [0, 0.1) is 5.92 Å². The minimum absolute atomic E-state index is 0.0287. The molecule has 3 N–H and O–H groups in total. The van der Waals surface area contributed by atoms with Crippen LogP contribution in [0.25, 0.3) is 0 Å². The molecule has 1 saturated heterocycles. The fourth-order valence-electron chi connectivity index (χ4n) is 2.67. The lowest BCUT2D eigenvalue weighted by atomic mass is 9.97. The number of anilines is 1. The number of nitrogens with zero attached hydrogens (tertiary/aromatic N) is 2. The topological polar surface area (TPSA) is 106 Å². The van der Waals surface area contributed by atoms with Crippen LogP contribution in [-0.4, -0.2) is 47.8 Å². The number of aliphatic carboxylic acids is 1. The number of aromatic nitrogens is 1. The Morgan fingerprint density at radius 2 is 2.13 bits per heavy atom. The van der Waals surface area contributed by atoms with Gasteiger partial charge in [-0.1, -0.05) is 6.07 Å². The van der Waals surface area contributed by atoms with Crippen molar-refractivity contribution in [3.05, 3.63) is 23.9 Å².